The molecule has 3 nitrogen and oxygen atoms in total. The molecule has 0 amide bonds. The summed E-state index contributed by atoms with van der Waals surface area (Å²) in [7, 11) is 2.18. The van der Waals surface area contributed by atoms with E-state index in [1.807, 2.05) is 0 Å². The molecule has 1 fully saturated rings. The molecule has 0 spiro atoms. The van der Waals surface area contributed by atoms with Gasteiger partial charge < -0.3 is 15.1 Å². The number of nitrogens with zero attached hydrogens (tertiary/aromatic N) is 2. The summed E-state index contributed by atoms with van der Waals surface area (Å²) >= 11 is 6.48. The summed E-state index contributed by atoms with van der Waals surface area (Å²) in [5, 5.41) is 4.29. The zero-order valence-corrected chi connectivity index (χ0v) is 13.7. The van der Waals surface area contributed by atoms with Gasteiger partial charge in [-0.25, -0.2) is 0 Å². The molecule has 0 saturated carbocycles. The number of benzene rings is 1. The van der Waals surface area contributed by atoms with E-state index >= 15 is 0 Å². The fourth-order valence-corrected chi connectivity index (χ4v) is 2.83. The maximum absolute atomic E-state index is 6.48. The van der Waals surface area contributed by atoms with Crippen LogP contribution in [0.25, 0.3) is 0 Å². The Morgan fingerprint density at radius 3 is 2.70 bits per heavy atom. The zero-order valence-electron chi connectivity index (χ0n) is 13.0. The molecule has 0 aromatic heterocycles. The molecular formula is C16H26ClN3. The van der Waals surface area contributed by atoms with Crippen molar-refractivity contribution >= 4 is 17.3 Å². The van der Waals surface area contributed by atoms with E-state index in [4.69, 9.17) is 11.6 Å². The fourth-order valence-electron chi connectivity index (χ4n) is 2.51. The van der Waals surface area contributed by atoms with Gasteiger partial charge >= 0.3 is 0 Å². The van der Waals surface area contributed by atoms with Crippen LogP contribution in [0.3, 0.4) is 0 Å². The lowest BCUT2D eigenvalue weighted by Crippen LogP contribution is -2.50. The summed E-state index contributed by atoms with van der Waals surface area (Å²) in [6.07, 6.45) is 0. The summed E-state index contributed by atoms with van der Waals surface area (Å²) in [6, 6.07) is 7.50. The monoisotopic (exact) mass is 295 g/mol. The average molecular weight is 296 g/mol. The SMILES string of the molecule is CC(C)NCc1ccc(N2CCN(C)C(C)C2)c(Cl)c1. The molecule has 1 saturated heterocycles. The molecule has 1 heterocycles. The van der Waals surface area contributed by atoms with Gasteiger partial charge in [-0.2, -0.15) is 0 Å². The summed E-state index contributed by atoms with van der Waals surface area (Å²) in [5.74, 6) is 0. The lowest BCUT2D eigenvalue weighted by Gasteiger charge is -2.39. The third-order valence-electron chi connectivity index (χ3n) is 4.03. The van der Waals surface area contributed by atoms with Gasteiger partial charge in [-0.3, -0.25) is 0 Å². The highest BCUT2D eigenvalue weighted by Crippen LogP contribution is 2.28. The number of nitrogens with one attached hydrogen (secondary N) is 1. The molecule has 1 atom stereocenters. The Balaban J connectivity index is 2.06. The van der Waals surface area contributed by atoms with Crippen LogP contribution < -0.4 is 10.2 Å². The second-order valence-electron chi connectivity index (χ2n) is 6.10. The van der Waals surface area contributed by atoms with E-state index in [-0.39, 0.29) is 0 Å². The second kappa shape index (κ2) is 6.79. The van der Waals surface area contributed by atoms with E-state index in [9.17, 15) is 0 Å². The number of piperazine rings is 1. The molecule has 20 heavy (non-hydrogen) atoms. The Morgan fingerprint density at radius 1 is 1.35 bits per heavy atom. The molecule has 1 N–H and O–H groups in total. The van der Waals surface area contributed by atoms with E-state index < -0.39 is 0 Å². The molecule has 2 rings (SSSR count). The predicted molar refractivity (Wildman–Crippen MR) is 87.7 cm³/mol. The molecule has 0 aliphatic carbocycles. The molecular weight excluding hydrogens is 270 g/mol. The molecule has 1 aromatic carbocycles. The standard InChI is InChI=1S/C16H26ClN3/c1-12(2)18-10-14-5-6-16(15(17)9-14)20-8-7-19(4)13(3)11-20/h5-6,9,12-13,18H,7-8,10-11H2,1-4H3. The third-order valence-corrected chi connectivity index (χ3v) is 4.33. The maximum Gasteiger partial charge on any atom is 0.0642 e. The van der Waals surface area contributed by atoms with Crippen molar-refractivity contribution in [3.8, 4) is 0 Å². The first-order valence-electron chi connectivity index (χ1n) is 7.44. The highest BCUT2D eigenvalue weighted by molar-refractivity contribution is 6.33. The minimum Gasteiger partial charge on any atom is -0.367 e. The molecule has 1 aliphatic rings. The minimum atomic E-state index is 0.493. The van der Waals surface area contributed by atoms with Gasteiger partial charge in [0.05, 0.1) is 10.7 Å². The fraction of sp³-hybridized carbons (Fsp3) is 0.625. The Hall–Kier alpha value is -0.770. The van der Waals surface area contributed by atoms with Crippen LogP contribution >= 0.6 is 11.6 Å². The second-order valence-corrected chi connectivity index (χ2v) is 6.50. The number of likely N-dealkylation sites (N-methyl/N-ethyl adjacent to an activating group) is 1. The van der Waals surface area contributed by atoms with Crippen LogP contribution in [0.4, 0.5) is 5.69 Å². The van der Waals surface area contributed by atoms with Crippen molar-refractivity contribution in [3.63, 3.8) is 0 Å². The Bertz CT molecular complexity index is 447. The Morgan fingerprint density at radius 2 is 2.10 bits per heavy atom. The Kier molecular flexibility index (Phi) is 5.30. The van der Waals surface area contributed by atoms with Gasteiger partial charge in [0, 0.05) is 38.3 Å². The molecule has 0 radical (unpaired) electrons. The van der Waals surface area contributed by atoms with Crippen LogP contribution in [0.2, 0.25) is 5.02 Å². The van der Waals surface area contributed by atoms with Gasteiger partial charge in [-0.1, -0.05) is 31.5 Å². The van der Waals surface area contributed by atoms with Crippen LogP contribution in [0.1, 0.15) is 26.3 Å². The van der Waals surface area contributed by atoms with Gasteiger partial charge in [0.1, 0.15) is 0 Å². The van der Waals surface area contributed by atoms with Crippen molar-refractivity contribution in [3.05, 3.63) is 28.8 Å². The van der Waals surface area contributed by atoms with Crippen molar-refractivity contribution in [2.24, 2.45) is 0 Å². The molecule has 1 unspecified atom stereocenters. The topological polar surface area (TPSA) is 18.5 Å². The highest BCUT2D eigenvalue weighted by atomic mass is 35.5. The van der Waals surface area contributed by atoms with Gasteiger partial charge in [0.15, 0.2) is 0 Å². The summed E-state index contributed by atoms with van der Waals surface area (Å²) in [5.41, 5.74) is 2.41. The largest absolute Gasteiger partial charge is 0.367 e. The maximum atomic E-state index is 6.48. The summed E-state index contributed by atoms with van der Waals surface area (Å²) in [6.45, 7) is 10.6. The van der Waals surface area contributed by atoms with Crippen LogP contribution in [-0.2, 0) is 6.54 Å². The Labute approximate surface area is 127 Å². The van der Waals surface area contributed by atoms with Crippen molar-refractivity contribution in [2.45, 2.75) is 39.4 Å². The van der Waals surface area contributed by atoms with Crippen LogP contribution in [0, 0.1) is 0 Å². The molecule has 0 bridgehead atoms. The van der Waals surface area contributed by atoms with Gasteiger partial charge in [-0.05, 0) is 31.7 Å². The van der Waals surface area contributed by atoms with E-state index in [1.165, 1.54) is 11.3 Å². The number of hydrogen-bond acceptors (Lipinski definition) is 3. The van der Waals surface area contributed by atoms with E-state index in [0.717, 1.165) is 31.2 Å². The first kappa shape index (κ1) is 15.6. The van der Waals surface area contributed by atoms with E-state index in [0.29, 0.717) is 12.1 Å². The zero-order chi connectivity index (χ0) is 14.7. The van der Waals surface area contributed by atoms with Crippen molar-refractivity contribution in [1.29, 1.82) is 0 Å². The average Bonchev–Trinajstić information content (AvgIpc) is 2.40. The van der Waals surface area contributed by atoms with E-state index in [1.54, 1.807) is 0 Å². The molecule has 4 heteroatoms. The highest BCUT2D eigenvalue weighted by Gasteiger charge is 2.22. The number of anilines is 1. The third kappa shape index (κ3) is 3.87. The van der Waals surface area contributed by atoms with Crippen LogP contribution in [0.15, 0.2) is 18.2 Å². The van der Waals surface area contributed by atoms with Gasteiger partial charge in [-0.15, -0.1) is 0 Å². The number of halogens is 1. The van der Waals surface area contributed by atoms with Crippen LogP contribution in [-0.4, -0.2) is 43.7 Å². The molecule has 112 valence electrons. The van der Waals surface area contributed by atoms with E-state index in [2.05, 4.69) is 61.1 Å². The van der Waals surface area contributed by atoms with Crippen LogP contribution in [0.5, 0.6) is 0 Å². The smallest absolute Gasteiger partial charge is 0.0642 e. The van der Waals surface area contributed by atoms with Gasteiger partial charge in [0.25, 0.3) is 0 Å². The minimum absolute atomic E-state index is 0.493. The normalized spacial score (nSPS) is 20.7. The van der Waals surface area contributed by atoms with Gasteiger partial charge in [0.2, 0.25) is 0 Å². The lowest BCUT2D eigenvalue weighted by atomic mass is 10.1. The first-order valence-corrected chi connectivity index (χ1v) is 7.82. The summed E-state index contributed by atoms with van der Waals surface area (Å²) in [4.78, 5) is 4.79. The quantitative estimate of drug-likeness (QED) is 0.921. The van der Waals surface area contributed by atoms with Crippen molar-refractivity contribution in [2.75, 3.05) is 31.6 Å². The predicted octanol–water partition coefficient (Wildman–Crippen LogP) is 2.98. The summed E-state index contributed by atoms with van der Waals surface area (Å²) < 4.78 is 0. The van der Waals surface area contributed by atoms with Crippen molar-refractivity contribution in [1.82, 2.24) is 10.2 Å². The first-order chi connectivity index (χ1) is 9.47. The number of rotatable bonds is 4. The molecule has 1 aromatic rings. The lowest BCUT2D eigenvalue weighted by molar-refractivity contribution is 0.234. The van der Waals surface area contributed by atoms with Crippen molar-refractivity contribution < 1.29 is 0 Å². The number of hydrogen-bond donors (Lipinski definition) is 1. The molecule has 1 aliphatic heterocycles.